The smallest absolute Gasteiger partial charge is 0.118 e. The largest absolute Gasteiger partial charge is 0.497 e. The van der Waals surface area contributed by atoms with Crippen LogP contribution in [0.3, 0.4) is 0 Å². The van der Waals surface area contributed by atoms with Crippen LogP contribution < -0.4 is 9.47 Å². The predicted molar refractivity (Wildman–Crippen MR) is 88.9 cm³/mol. The summed E-state index contributed by atoms with van der Waals surface area (Å²) in [7, 11) is 3.32. The molecule has 0 aliphatic rings. The Morgan fingerprint density at radius 1 is 0.810 bits per heavy atom. The van der Waals surface area contributed by atoms with Gasteiger partial charge in [0.15, 0.2) is 0 Å². The lowest BCUT2D eigenvalue weighted by molar-refractivity contribution is 0.414. The normalized spacial score (nSPS) is 11.8. The lowest BCUT2D eigenvalue weighted by atomic mass is 10.00. The van der Waals surface area contributed by atoms with Crippen molar-refractivity contribution in [1.82, 2.24) is 0 Å². The Morgan fingerprint density at radius 2 is 1.24 bits per heavy atom. The molecular formula is C18H19ClO2. The van der Waals surface area contributed by atoms with Crippen LogP contribution >= 0.6 is 11.6 Å². The zero-order valence-electron chi connectivity index (χ0n) is 12.5. The van der Waals surface area contributed by atoms with Gasteiger partial charge in [-0.1, -0.05) is 30.7 Å². The third-order valence-electron chi connectivity index (χ3n) is 3.40. The van der Waals surface area contributed by atoms with Crippen LogP contribution in [0.5, 0.6) is 11.5 Å². The number of rotatable bonds is 5. The zero-order chi connectivity index (χ0) is 15.2. The summed E-state index contributed by atoms with van der Waals surface area (Å²) in [5.74, 6) is 1.67. The number of benzene rings is 2. The van der Waals surface area contributed by atoms with E-state index in [1.165, 1.54) is 0 Å². The Bertz CT molecular complexity index is 613. The van der Waals surface area contributed by atoms with E-state index in [1.54, 1.807) is 14.2 Å². The highest BCUT2D eigenvalue weighted by Gasteiger charge is 2.08. The van der Waals surface area contributed by atoms with Gasteiger partial charge in [-0.25, -0.2) is 0 Å². The monoisotopic (exact) mass is 302 g/mol. The van der Waals surface area contributed by atoms with E-state index < -0.39 is 0 Å². The fourth-order valence-electron chi connectivity index (χ4n) is 2.19. The highest BCUT2D eigenvalue weighted by atomic mass is 35.5. The summed E-state index contributed by atoms with van der Waals surface area (Å²) in [6.07, 6.45) is 0.858. The van der Waals surface area contributed by atoms with Crippen molar-refractivity contribution in [2.24, 2.45) is 0 Å². The summed E-state index contributed by atoms with van der Waals surface area (Å²) in [4.78, 5) is 0. The second-order valence-electron chi connectivity index (χ2n) is 4.60. The van der Waals surface area contributed by atoms with Crippen molar-refractivity contribution < 1.29 is 9.47 Å². The minimum absolute atomic E-state index is 0.769. The molecule has 0 saturated carbocycles. The molecule has 2 nitrogen and oxygen atoms in total. The summed E-state index contributed by atoms with van der Waals surface area (Å²) in [5, 5.41) is 0.769. The van der Waals surface area contributed by atoms with E-state index in [9.17, 15) is 0 Å². The Morgan fingerprint density at radius 3 is 1.62 bits per heavy atom. The molecule has 3 heteroatoms. The van der Waals surface area contributed by atoms with E-state index in [4.69, 9.17) is 21.1 Å². The van der Waals surface area contributed by atoms with Gasteiger partial charge in [0.2, 0.25) is 0 Å². The predicted octanol–water partition coefficient (Wildman–Crippen LogP) is 5.22. The third-order valence-corrected chi connectivity index (χ3v) is 3.85. The van der Waals surface area contributed by atoms with Gasteiger partial charge in [0, 0.05) is 0 Å². The number of ether oxygens (including phenoxy) is 2. The Hall–Kier alpha value is -1.93. The molecule has 0 aliphatic heterocycles. The van der Waals surface area contributed by atoms with Crippen LogP contribution in [-0.2, 0) is 0 Å². The first kappa shape index (κ1) is 15.5. The van der Waals surface area contributed by atoms with Crippen molar-refractivity contribution in [3.8, 4) is 11.5 Å². The summed E-state index contributed by atoms with van der Waals surface area (Å²) in [6.45, 7) is 2.10. The maximum Gasteiger partial charge on any atom is 0.118 e. The summed E-state index contributed by atoms with van der Waals surface area (Å²) in [6, 6.07) is 15.7. The lowest BCUT2D eigenvalue weighted by Gasteiger charge is -2.11. The fraction of sp³-hybridized carbons (Fsp3) is 0.222. The van der Waals surface area contributed by atoms with Crippen molar-refractivity contribution in [3.05, 3.63) is 59.7 Å². The first-order chi connectivity index (χ1) is 10.2. The molecule has 0 heterocycles. The number of allylic oxidation sites excluding steroid dienone is 1. The highest BCUT2D eigenvalue weighted by Crippen LogP contribution is 2.33. The van der Waals surface area contributed by atoms with Crippen LogP contribution in [0.2, 0.25) is 0 Å². The van der Waals surface area contributed by atoms with Crippen LogP contribution in [0, 0.1) is 0 Å². The Labute approximate surface area is 131 Å². The molecule has 0 aliphatic carbocycles. The van der Waals surface area contributed by atoms with Crippen molar-refractivity contribution >= 4 is 22.2 Å². The average molecular weight is 303 g/mol. The second kappa shape index (κ2) is 7.19. The van der Waals surface area contributed by atoms with Crippen LogP contribution in [0.1, 0.15) is 24.5 Å². The minimum Gasteiger partial charge on any atom is -0.497 e. The lowest BCUT2D eigenvalue weighted by Crippen LogP contribution is -1.89. The van der Waals surface area contributed by atoms with Gasteiger partial charge in [0.05, 0.1) is 19.3 Å². The Kier molecular flexibility index (Phi) is 5.29. The van der Waals surface area contributed by atoms with Crippen LogP contribution in [0.15, 0.2) is 48.5 Å². The first-order valence-corrected chi connectivity index (χ1v) is 7.25. The molecule has 110 valence electrons. The molecule has 0 unspecified atom stereocenters. The molecule has 21 heavy (non-hydrogen) atoms. The first-order valence-electron chi connectivity index (χ1n) is 6.87. The van der Waals surface area contributed by atoms with Crippen molar-refractivity contribution in [1.29, 1.82) is 0 Å². The van der Waals surface area contributed by atoms with E-state index in [2.05, 4.69) is 6.92 Å². The molecule has 2 aromatic carbocycles. The number of methoxy groups -OCH3 is 2. The number of halogens is 1. The summed E-state index contributed by atoms with van der Waals surface area (Å²) < 4.78 is 10.4. The molecule has 0 amide bonds. The maximum atomic E-state index is 6.58. The van der Waals surface area contributed by atoms with Gasteiger partial charge in [-0.05, 0) is 59.5 Å². The SMILES string of the molecule is CC/C(=C(\Cl)c1ccc(OC)cc1)c1ccc(OC)cc1. The van der Waals surface area contributed by atoms with Gasteiger partial charge >= 0.3 is 0 Å². The maximum absolute atomic E-state index is 6.58. The van der Waals surface area contributed by atoms with E-state index in [-0.39, 0.29) is 0 Å². The average Bonchev–Trinajstić information content (AvgIpc) is 2.56. The van der Waals surface area contributed by atoms with Gasteiger partial charge in [-0.3, -0.25) is 0 Å². The molecule has 0 fully saturated rings. The van der Waals surface area contributed by atoms with E-state index in [1.807, 2.05) is 48.5 Å². The highest BCUT2D eigenvalue weighted by molar-refractivity contribution is 6.52. The molecule has 0 aromatic heterocycles. The molecule has 2 rings (SSSR count). The molecule has 0 bridgehead atoms. The van der Waals surface area contributed by atoms with Crippen LogP contribution in [0.25, 0.3) is 10.6 Å². The number of hydrogen-bond donors (Lipinski definition) is 0. The van der Waals surface area contributed by atoms with Gasteiger partial charge in [0.1, 0.15) is 11.5 Å². The molecule has 2 aromatic rings. The summed E-state index contributed by atoms with van der Waals surface area (Å²) in [5.41, 5.74) is 3.22. The molecule has 0 atom stereocenters. The number of hydrogen-bond acceptors (Lipinski definition) is 2. The fourth-order valence-corrected chi connectivity index (χ4v) is 2.56. The van der Waals surface area contributed by atoms with E-state index in [0.717, 1.165) is 39.7 Å². The topological polar surface area (TPSA) is 18.5 Å². The third kappa shape index (κ3) is 3.59. The molecule has 0 radical (unpaired) electrons. The minimum atomic E-state index is 0.769. The van der Waals surface area contributed by atoms with E-state index in [0.29, 0.717) is 0 Å². The van der Waals surface area contributed by atoms with Gasteiger partial charge in [-0.15, -0.1) is 0 Å². The van der Waals surface area contributed by atoms with Gasteiger partial charge < -0.3 is 9.47 Å². The van der Waals surface area contributed by atoms with E-state index >= 15 is 0 Å². The second-order valence-corrected chi connectivity index (χ2v) is 4.98. The molecule has 0 saturated heterocycles. The summed E-state index contributed by atoms with van der Waals surface area (Å²) >= 11 is 6.58. The standard InChI is InChI=1S/C18H19ClO2/c1-4-17(13-5-9-15(20-2)10-6-13)18(19)14-7-11-16(21-3)12-8-14/h5-12H,4H2,1-3H3/b18-17+. The van der Waals surface area contributed by atoms with Crippen LogP contribution in [-0.4, -0.2) is 14.2 Å². The molecular weight excluding hydrogens is 284 g/mol. The molecule has 0 spiro atoms. The van der Waals surface area contributed by atoms with Crippen molar-refractivity contribution in [2.75, 3.05) is 14.2 Å². The Balaban J connectivity index is 2.39. The molecule has 0 N–H and O–H groups in total. The van der Waals surface area contributed by atoms with Crippen molar-refractivity contribution in [2.45, 2.75) is 13.3 Å². The zero-order valence-corrected chi connectivity index (χ0v) is 13.3. The van der Waals surface area contributed by atoms with Gasteiger partial charge in [-0.2, -0.15) is 0 Å². The quantitative estimate of drug-likeness (QED) is 0.705. The van der Waals surface area contributed by atoms with Crippen molar-refractivity contribution in [3.63, 3.8) is 0 Å². The van der Waals surface area contributed by atoms with Crippen LogP contribution in [0.4, 0.5) is 0 Å². The van der Waals surface area contributed by atoms with Gasteiger partial charge in [0.25, 0.3) is 0 Å².